The zero-order chi connectivity index (χ0) is 8.06. The minimum Gasteiger partial charge on any atom is -0.0649 e. The standard InChI is InChI=1S/C11H20/c1-4-11(3)7-9-6-10(11)5-8(9)2/h8-10H,4-7H2,1-3H3. The molecule has 0 nitrogen and oxygen atoms in total. The smallest absolute Gasteiger partial charge is 0.0297 e. The zero-order valence-corrected chi connectivity index (χ0v) is 8.06. The molecule has 0 heteroatoms. The lowest BCUT2D eigenvalue weighted by molar-refractivity contribution is 0.152. The summed E-state index contributed by atoms with van der Waals surface area (Å²) in [6.45, 7) is 7.31. The molecule has 0 aromatic rings. The molecule has 0 heterocycles. The predicted molar refractivity (Wildman–Crippen MR) is 48.4 cm³/mol. The highest BCUT2D eigenvalue weighted by Gasteiger charge is 2.49. The Hall–Kier alpha value is 0. The fraction of sp³-hybridized carbons (Fsp3) is 1.00. The van der Waals surface area contributed by atoms with Crippen molar-refractivity contribution in [3.8, 4) is 0 Å². The molecule has 0 saturated heterocycles. The highest BCUT2D eigenvalue weighted by atomic mass is 14.5. The predicted octanol–water partition coefficient (Wildman–Crippen LogP) is 3.47. The van der Waals surface area contributed by atoms with Gasteiger partial charge in [-0.2, -0.15) is 0 Å². The van der Waals surface area contributed by atoms with Crippen molar-refractivity contribution in [3.63, 3.8) is 0 Å². The van der Waals surface area contributed by atoms with Crippen LogP contribution in [0.25, 0.3) is 0 Å². The van der Waals surface area contributed by atoms with Crippen molar-refractivity contribution in [1.82, 2.24) is 0 Å². The van der Waals surface area contributed by atoms with E-state index in [2.05, 4.69) is 20.8 Å². The summed E-state index contributed by atoms with van der Waals surface area (Å²) in [6, 6.07) is 0. The minimum atomic E-state index is 0.733. The summed E-state index contributed by atoms with van der Waals surface area (Å²) in [4.78, 5) is 0. The first-order valence-corrected chi connectivity index (χ1v) is 5.15. The molecule has 2 rings (SSSR count). The van der Waals surface area contributed by atoms with E-state index in [-0.39, 0.29) is 0 Å². The number of rotatable bonds is 1. The Morgan fingerprint density at radius 1 is 1.36 bits per heavy atom. The van der Waals surface area contributed by atoms with Crippen LogP contribution < -0.4 is 0 Å². The van der Waals surface area contributed by atoms with Crippen LogP contribution in [-0.2, 0) is 0 Å². The van der Waals surface area contributed by atoms with Crippen LogP contribution in [0.5, 0.6) is 0 Å². The number of hydrogen-bond acceptors (Lipinski definition) is 0. The Morgan fingerprint density at radius 3 is 2.45 bits per heavy atom. The molecule has 2 saturated carbocycles. The van der Waals surface area contributed by atoms with Gasteiger partial charge in [0.25, 0.3) is 0 Å². The van der Waals surface area contributed by atoms with Gasteiger partial charge < -0.3 is 0 Å². The summed E-state index contributed by atoms with van der Waals surface area (Å²) in [5.74, 6) is 3.21. The first-order chi connectivity index (χ1) is 5.15. The molecule has 0 amide bonds. The lowest BCUT2D eigenvalue weighted by Gasteiger charge is -2.35. The van der Waals surface area contributed by atoms with E-state index in [1.54, 1.807) is 6.42 Å². The molecule has 0 aromatic heterocycles. The van der Waals surface area contributed by atoms with E-state index < -0.39 is 0 Å². The maximum absolute atomic E-state index is 2.50. The molecule has 64 valence electrons. The average molecular weight is 152 g/mol. The summed E-state index contributed by atoms with van der Waals surface area (Å²) >= 11 is 0. The normalized spacial score (nSPS) is 55.4. The third kappa shape index (κ3) is 0.947. The highest BCUT2D eigenvalue weighted by molar-refractivity contribution is 4.99. The molecule has 0 aliphatic heterocycles. The van der Waals surface area contributed by atoms with E-state index in [0.29, 0.717) is 0 Å². The van der Waals surface area contributed by atoms with Gasteiger partial charge in [0.1, 0.15) is 0 Å². The SMILES string of the molecule is CCC1(C)CC2CC1CC2C. The zero-order valence-electron chi connectivity index (χ0n) is 8.06. The van der Waals surface area contributed by atoms with E-state index in [1.165, 1.54) is 19.3 Å². The summed E-state index contributed by atoms with van der Waals surface area (Å²) in [5.41, 5.74) is 0.733. The second kappa shape index (κ2) is 2.24. The van der Waals surface area contributed by atoms with Crippen LogP contribution in [0.2, 0.25) is 0 Å². The van der Waals surface area contributed by atoms with Crippen LogP contribution in [0.4, 0.5) is 0 Å². The van der Waals surface area contributed by atoms with Crippen LogP contribution in [0.3, 0.4) is 0 Å². The molecule has 0 spiro atoms. The lowest BCUT2D eigenvalue weighted by Crippen LogP contribution is -2.25. The Morgan fingerprint density at radius 2 is 2.09 bits per heavy atom. The van der Waals surface area contributed by atoms with Crippen LogP contribution >= 0.6 is 0 Å². The van der Waals surface area contributed by atoms with Gasteiger partial charge in [-0.05, 0) is 42.4 Å². The van der Waals surface area contributed by atoms with E-state index in [1.807, 2.05) is 0 Å². The maximum Gasteiger partial charge on any atom is -0.0297 e. The van der Waals surface area contributed by atoms with Crippen LogP contribution in [-0.4, -0.2) is 0 Å². The molecular weight excluding hydrogens is 132 g/mol. The van der Waals surface area contributed by atoms with Crippen molar-refractivity contribution in [3.05, 3.63) is 0 Å². The summed E-state index contributed by atoms with van der Waals surface area (Å²) < 4.78 is 0. The first kappa shape index (κ1) is 7.64. The van der Waals surface area contributed by atoms with E-state index in [9.17, 15) is 0 Å². The maximum atomic E-state index is 2.50. The van der Waals surface area contributed by atoms with Gasteiger partial charge >= 0.3 is 0 Å². The summed E-state index contributed by atoms with van der Waals surface area (Å²) in [5, 5.41) is 0. The van der Waals surface area contributed by atoms with E-state index in [0.717, 1.165) is 23.2 Å². The van der Waals surface area contributed by atoms with Crippen molar-refractivity contribution in [2.45, 2.75) is 46.5 Å². The molecule has 0 N–H and O–H groups in total. The van der Waals surface area contributed by atoms with Crippen molar-refractivity contribution < 1.29 is 0 Å². The fourth-order valence-corrected chi connectivity index (χ4v) is 3.39. The minimum absolute atomic E-state index is 0.733. The van der Waals surface area contributed by atoms with E-state index in [4.69, 9.17) is 0 Å². The Balaban J connectivity index is 2.13. The largest absolute Gasteiger partial charge is 0.0649 e. The molecule has 0 aromatic carbocycles. The highest BCUT2D eigenvalue weighted by Crippen LogP contribution is 2.59. The lowest BCUT2D eigenvalue weighted by atomic mass is 9.70. The van der Waals surface area contributed by atoms with Gasteiger partial charge in [-0.3, -0.25) is 0 Å². The summed E-state index contributed by atoms with van der Waals surface area (Å²) in [7, 11) is 0. The Labute approximate surface area is 70.4 Å². The quantitative estimate of drug-likeness (QED) is 0.539. The molecule has 4 unspecified atom stereocenters. The molecule has 11 heavy (non-hydrogen) atoms. The van der Waals surface area contributed by atoms with Crippen LogP contribution in [0, 0.1) is 23.2 Å². The topological polar surface area (TPSA) is 0 Å². The van der Waals surface area contributed by atoms with Crippen molar-refractivity contribution in [2.24, 2.45) is 23.2 Å². The number of fused-ring (bicyclic) bond motifs is 2. The molecule has 2 aliphatic rings. The van der Waals surface area contributed by atoms with Gasteiger partial charge in [0.05, 0.1) is 0 Å². The van der Waals surface area contributed by atoms with Gasteiger partial charge in [-0.25, -0.2) is 0 Å². The van der Waals surface area contributed by atoms with Crippen LogP contribution in [0.1, 0.15) is 46.5 Å². The third-order valence-electron chi connectivity index (χ3n) is 4.57. The second-order valence-corrected chi connectivity index (χ2v) is 5.12. The van der Waals surface area contributed by atoms with Crippen molar-refractivity contribution in [2.75, 3.05) is 0 Å². The molecular formula is C11H20. The van der Waals surface area contributed by atoms with Crippen molar-refractivity contribution in [1.29, 1.82) is 0 Å². The fourth-order valence-electron chi connectivity index (χ4n) is 3.39. The van der Waals surface area contributed by atoms with Gasteiger partial charge in [0.2, 0.25) is 0 Å². The third-order valence-corrected chi connectivity index (χ3v) is 4.57. The van der Waals surface area contributed by atoms with Crippen molar-refractivity contribution >= 4 is 0 Å². The molecule has 2 aliphatic carbocycles. The van der Waals surface area contributed by atoms with E-state index >= 15 is 0 Å². The Bertz CT molecular complexity index is 159. The number of hydrogen-bond donors (Lipinski definition) is 0. The Kier molecular flexibility index (Phi) is 1.56. The average Bonchev–Trinajstić information content (AvgIpc) is 2.45. The molecule has 4 atom stereocenters. The first-order valence-electron chi connectivity index (χ1n) is 5.15. The second-order valence-electron chi connectivity index (χ2n) is 5.12. The molecule has 2 bridgehead atoms. The van der Waals surface area contributed by atoms with Gasteiger partial charge in [0.15, 0.2) is 0 Å². The van der Waals surface area contributed by atoms with Gasteiger partial charge in [0, 0.05) is 0 Å². The summed E-state index contributed by atoms with van der Waals surface area (Å²) in [6.07, 6.45) is 6.00. The van der Waals surface area contributed by atoms with Crippen LogP contribution in [0.15, 0.2) is 0 Å². The van der Waals surface area contributed by atoms with Gasteiger partial charge in [-0.1, -0.05) is 27.2 Å². The monoisotopic (exact) mass is 152 g/mol. The molecule has 2 fully saturated rings. The van der Waals surface area contributed by atoms with Gasteiger partial charge in [-0.15, -0.1) is 0 Å². The molecule has 0 radical (unpaired) electrons.